The summed E-state index contributed by atoms with van der Waals surface area (Å²) in [7, 11) is 0. The summed E-state index contributed by atoms with van der Waals surface area (Å²) in [4.78, 5) is 23.0. The Kier molecular flexibility index (Phi) is 5.27. The van der Waals surface area contributed by atoms with E-state index in [1.165, 1.54) is 0 Å². The van der Waals surface area contributed by atoms with Crippen molar-refractivity contribution < 1.29 is 24.2 Å². The summed E-state index contributed by atoms with van der Waals surface area (Å²) in [5.41, 5.74) is 2.86. The van der Waals surface area contributed by atoms with Crippen molar-refractivity contribution in [3.8, 4) is 11.5 Å². The summed E-state index contributed by atoms with van der Waals surface area (Å²) >= 11 is 3.42. The van der Waals surface area contributed by atoms with E-state index in [4.69, 9.17) is 14.6 Å². The molecule has 2 aromatic rings. The van der Waals surface area contributed by atoms with Crippen LogP contribution >= 0.6 is 15.9 Å². The lowest BCUT2D eigenvalue weighted by molar-refractivity contribution is -0.139. The van der Waals surface area contributed by atoms with Crippen LogP contribution in [0.4, 0.5) is 5.69 Å². The smallest absolute Gasteiger partial charge is 0.341 e. The third-order valence-electron chi connectivity index (χ3n) is 3.69. The second-order valence-electron chi connectivity index (χ2n) is 5.52. The Bertz CT molecular complexity index is 907. The van der Waals surface area contributed by atoms with Gasteiger partial charge in [-0.3, -0.25) is 4.79 Å². The van der Waals surface area contributed by atoms with E-state index in [1.807, 2.05) is 25.1 Å². The molecule has 0 unspecified atom stereocenters. The first kappa shape index (κ1) is 18.0. The Balaban J connectivity index is 1.96. The molecule has 0 radical (unpaired) electrons. The molecule has 134 valence electrons. The maximum atomic E-state index is 12.3. The molecule has 1 aliphatic heterocycles. The molecular formula is C19H16BrNO5. The summed E-state index contributed by atoms with van der Waals surface area (Å²) in [5, 5.41) is 11.6. The molecule has 0 saturated heterocycles. The molecule has 6 nitrogen and oxygen atoms in total. The number of nitrogens with one attached hydrogen (secondary N) is 1. The van der Waals surface area contributed by atoms with Crippen molar-refractivity contribution in [2.24, 2.45) is 0 Å². The highest BCUT2D eigenvalue weighted by Gasteiger charge is 2.24. The summed E-state index contributed by atoms with van der Waals surface area (Å²) < 4.78 is 11.7. The topological polar surface area (TPSA) is 84.9 Å². The Morgan fingerprint density at radius 2 is 2.00 bits per heavy atom. The van der Waals surface area contributed by atoms with Gasteiger partial charge in [0.15, 0.2) is 18.1 Å². The molecule has 2 aromatic carbocycles. The van der Waals surface area contributed by atoms with Crippen molar-refractivity contribution in [2.45, 2.75) is 6.92 Å². The zero-order chi connectivity index (χ0) is 18.7. The number of rotatable bonds is 6. The summed E-state index contributed by atoms with van der Waals surface area (Å²) in [6, 6.07) is 10.7. The van der Waals surface area contributed by atoms with Crippen LogP contribution in [-0.2, 0) is 9.59 Å². The van der Waals surface area contributed by atoms with Crippen LogP contribution in [0.25, 0.3) is 11.6 Å². The number of halogens is 1. The number of aliphatic carboxylic acids is 1. The van der Waals surface area contributed by atoms with Gasteiger partial charge >= 0.3 is 5.97 Å². The number of fused-ring (bicyclic) bond motifs is 1. The lowest BCUT2D eigenvalue weighted by Crippen LogP contribution is -2.10. The first-order valence-electron chi connectivity index (χ1n) is 7.92. The average molecular weight is 418 g/mol. The monoisotopic (exact) mass is 417 g/mol. The van der Waals surface area contributed by atoms with Gasteiger partial charge in [-0.05, 0) is 48.9 Å². The van der Waals surface area contributed by atoms with Gasteiger partial charge in [-0.2, -0.15) is 0 Å². The molecule has 7 heteroatoms. The molecule has 1 heterocycles. The molecule has 0 aromatic heterocycles. The number of benzene rings is 2. The summed E-state index contributed by atoms with van der Waals surface area (Å²) in [5.74, 6) is -0.475. The Morgan fingerprint density at radius 1 is 1.19 bits per heavy atom. The number of carboxylic acid groups (broad SMARTS) is 1. The fourth-order valence-electron chi connectivity index (χ4n) is 2.61. The van der Waals surface area contributed by atoms with Crippen molar-refractivity contribution in [1.29, 1.82) is 0 Å². The number of anilines is 1. The van der Waals surface area contributed by atoms with Crippen LogP contribution in [0, 0.1) is 0 Å². The van der Waals surface area contributed by atoms with Gasteiger partial charge in [0.1, 0.15) is 0 Å². The highest BCUT2D eigenvalue weighted by atomic mass is 79.9. The van der Waals surface area contributed by atoms with Gasteiger partial charge in [-0.1, -0.05) is 22.0 Å². The Morgan fingerprint density at radius 3 is 2.73 bits per heavy atom. The molecule has 2 N–H and O–H groups in total. The molecule has 26 heavy (non-hydrogen) atoms. The molecular weight excluding hydrogens is 402 g/mol. The third kappa shape index (κ3) is 3.88. The fourth-order valence-corrected chi connectivity index (χ4v) is 2.97. The van der Waals surface area contributed by atoms with Crippen molar-refractivity contribution in [1.82, 2.24) is 0 Å². The van der Waals surface area contributed by atoms with E-state index in [9.17, 15) is 9.59 Å². The highest BCUT2D eigenvalue weighted by Crippen LogP contribution is 2.36. The van der Waals surface area contributed by atoms with Crippen molar-refractivity contribution in [3.63, 3.8) is 0 Å². The van der Waals surface area contributed by atoms with Gasteiger partial charge in [0, 0.05) is 21.3 Å². The van der Waals surface area contributed by atoms with Crippen LogP contribution in [-0.4, -0.2) is 30.2 Å². The molecule has 1 aliphatic rings. The molecule has 1 amide bonds. The van der Waals surface area contributed by atoms with Crippen molar-refractivity contribution >= 4 is 45.1 Å². The van der Waals surface area contributed by atoms with Crippen molar-refractivity contribution in [2.75, 3.05) is 18.5 Å². The minimum Gasteiger partial charge on any atom is -0.490 e. The largest absolute Gasteiger partial charge is 0.490 e. The number of ether oxygens (including phenoxy) is 2. The van der Waals surface area contributed by atoms with Crippen molar-refractivity contribution in [3.05, 3.63) is 52.0 Å². The number of carbonyl (C=O) groups is 2. The van der Waals surface area contributed by atoms with Crippen LogP contribution in [0.3, 0.4) is 0 Å². The quantitative estimate of drug-likeness (QED) is 0.698. The molecule has 3 rings (SSSR count). The lowest BCUT2D eigenvalue weighted by atomic mass is 10.0. The zero-order valence-corrected chi connectivity index (χ0v) is 15.5. The van der Waals surface area contributed by atoms with Gasteiger partial charge in [0.25, 0.3) is 5.91 Å². The molecule has 0 atom stereocenters. The van der Waals surface area contributed by atoms with Gasteiger partial charge in [0.05, 0.1) is 6.61 Å². The lowest BCUT2D eigenvalue weighted by Gasteiger charge is -2.11. The molecule has 0 saturated carbocycles. The van der Waals surface area contributed by atoms with Crippen LogP contribution in [0.15, 0.2) is 40.9 Å². The maximum Gasteiger partial charge on any atom is 0.341 e. The Hall–Kier alpha value is -2.80. The highest BCUT2D eigenvalue weighted by molar-refractivity contribution is 9.10. The van der Waals surface area contributed by atoms with Crippen LogP contribution in [0.1, 0.15) is 18.1 Å². The van der Waals surface area contributed by atoms with E-state index in [0.29, 0.717) is 23.7 Å². The summed E-state index contributed by atoms with van der Waals surface area (Å²) in [6.45, 7) is 1.77. The molecule has 0 spiro atoms. The predicted octanol–water partition coefficient (Wildman–Crippen LogP) is 3.80. The van der Waals surface area contributed by atoms with Gasteiger partial charge in [-0.15, -0.1) is 0 Å². The van der Waals surface area contributed by atoms with Gasteiger partial charge < -0.3 is 19.9 Å². The number of hydrogen-bond acceptors (Lipinski definition) is 4. The standard InChI is InChI=1S/C19H16BrNO5/c1-2-25-17-8-11(3-6-16(17)26-10-18(22)23)7-14-13-9-12(20)4-5-15(13)21-19(14)24/h3-9H,2,10H2,1H3,(H,21,24)(H,22,23). The van der Waals surface area contributed by atoms with E-state index < -0.39 is 12.6 Å². The molecule has 0 aliphatic carbocycles. The van der Waals surface area contributed by atoms with E-state index in [0.717, 1.165) is 21.3 Å². The van der Waals surface area contributed by atoms with E-state index in [-0.39, 0.29) is 5.91 Å². The first-order chi connectivity index (χ1) is 12.5. The normalized spacial score (nSPS) is 14.1. The predicted molar refractivity (Wildman–Crippen MR) is 101 cm³/mol. The minimum atomic E-state index is -1.07. The average Bonchev–Trinajstić information content (AvgIpc) is 2.89. The maximum absolute atomic E-state index is 12.3. The van der Waals surface area contributed by atoms with Crippen LogP contribution < -0.4 is 14.8 Å². The zero-order valence-electron chi connectivity index (χ0n) is 13.9. The van der Waals surface area contributed by atoms with Crippen LogP contribution in [0.5, 0.6) is 11.5 Å². The second-order valence-corrected chi connectivity index (χ2v) is 6.44. The van der Waals surface area contributed by atoms with Crippen LogP contribution in [0.2, 0.25) is 0 Å². The minimum absolute atomic E-state index is 0.178. The van der Waals surface area contributed by atoms with E-state index in [1.54, 1.807) is 24.3 Å². The number of amides is 1. The summed E-state index contributed by atoms with van der Waals surface area (Å²) in [6.07, 6.45) is 1.76. The SMILES string of the molecule is CCOc1cc(C=C2C(=O)Nc3ccc(Br)cc32)ccc1OCC(=O)O. The van der Waals surface area contributed by atoms with Gasteiger partial charge in [-0.25, -0.2) is 4.79 Å². The molecule has 0 fully saturated rings. The fraction of sp³-hybridized carbons (Fsp3) is 0.158. The first-order valence-corrected chi connectivity index (χ1v) is 8.71. The third-order valence-corrected chi connectivity index (χ3v) is 4.19. The number of hydrogen-bond donors (Lipinski definition) is 2. The number of carboxylic acids is 1. The van der Waals surface area contributed by atoms with E-state index >= 15 is 0 Å². The van der Waals surface area contributed by atoms with Gasteiger partial charge in [0.2, 0.25) is 0 Å². The Labute approximate surface area is 158 Å². The number of carbonyl (C=O) groups excluding carboxylic acids is 1. The van der Waals surface area contributed by atoms with E-state index in [2.05, 4.69) is 21.2 Å². The molecule has 0 bridgehead atoms. The second kappa shape index (κ2) is 7.61.